The van der Waals surface area contributed by atoms with E-state index in [2.05, 4.69) is 0 Å². The van der Waals surface area contributed by atoms with Gasteiger partial charge in [-0.05, 0) is 45.5 Å². The molecule has 10 atom stereocenters. The average molecular weight is 1030 g/mol. The third-order valence-corrected chi connectivity index (χ3v) is 13.9. The van der Waals surface area contributed by atoms with Gasteiger partial charge in [0.1, 0.15) is 48.2 Å². The normalized spacial score (nSPS) is 23.4. The van der Waals surface area contributed by atoms with Gasteiger partial charge in [0.2, 0.25) is 0 Å². The molecule has 7 aromatic rings. The first-order valence-corrected chi connectivity index (χ1v) is 26.1. The molecule has 2 heterocycles. The molecule has 0 saturated carbocycles. The summed E-state index contributed by atoms with van der Waals surface area (Å²) in [7, 11) is 0. The molecule has 0 aliphatic carbocycles. The first-order chi connectivity index (χ1) is 36.5. The van der Waals surface area contributed by atoms with E-state index in [0.29, 0.717) is 13.2 Å². The zero-order valence-electron chi connectivity index (χ0n) is 42.1. The zero-order valence-corrected chi connectivity index (χ0v) is 42.9. The molecule has 387 valence electrons. The van der Waals surface area contributed by atoms with Crippen molar-refractivity contribution in [3.63, 3.8) is 0 Å². The van der Waals surface area contributed by atoms with Crippen molar-refractivity contribution < 1.29 is 52.2 Å². The highest BCUT2D eigenvalue weighted by molar-refractivity contribution is 7.99. The van der Waals surface area contributed by atoms with Crippen LogP contribution >= 0.6 is 11.8 Å². The maximum atomic E-state index is 13.5. The smallest absolute Gasteiger partial charge is 0.303 e. The first-order valence-electron chi connectivity index (χ1n) is 25.2. The van der Waals surface area contributed by atoms with Gasteiger partial charge in [-0.1, -0.05) is 212 Å². The molecule has 0 aromatic heterocycles. The molecule has 75 heavy (non-hydrogen) atoms. The maximum Gasteiger partial charge on any atom is 0.303 e. The van der Waals surface area contributed by atoms with Crippen molar-refractivity contribution in [1.82, 2.24) is 0 Å². The zero-order chi connectivity index (χ0) is 50.6. The lowest BCUT2D eigenvalue weighted by Crippen LogP contribution is -2.66. The third-order valence-electron chi connectivity index (χ3n) is 12.7. The van der Waals surface area contributed by atoms with Gasteiger partial charge in [-0.3, -0.25) is 4.79 Å². The second-order valence-electron chi connectivity index (χ2n) is 18.2. The van der Waals surface area contributed by atoms with Crippen LogP contribution in [0.1, 0.15) is 40.3 Å². The molecule has 11 nitrogen and oxygen atoms in total. The molecule has 0 N–H and O–H groups in total. The number of carbonyl (C=O) groups is 1. The second kappa shape index (κ2) is 29.4. The molecule has 2 aliphatic rings. The Morgan fingerprint density at radius 2 is 0.720 bits per heavy atom. The Hall–Kier alpha value is -5.94. The van der Waals surface area contributed by atoms with E-state index in [1.165, 1.54) is 18.7 Å². The fourth-order valence-electron chi connectivity index (χ4n) is 9.06. The molecule has 2 fully saturated rings. The molecule has 0 amide bonds. The van der Waals surface area contributed by atoms with Crippen molar-refractivity contribution in [2.75, 3.05) is 13.2 Å². The van der Waals surface area contributed by atoms with Crippen LogP contribution in [-0.2, 0) is 91.8 Å². The predicted octanol–water partition coefficient (Wildman–Crippen LogP) is 10.9. The summed E-state index contributed by atoms with van der Waals surface area (Å²) >= 11 is 1.50. The number of carbonyl (C=O) groups excluding carboxylic acids is 1. The highest BCUT2D eigenvalue weighted by atomic mass is 32.2. The number of ether oxygens (including phenoxy) is 10. The van der Waals surface area contributed by atoms with E-state index >= 15 is 0 Å². The van der Waals surface area contributed by atoms with Crippen LogP contribution in [0.5, 0.6) is 0 Å². The average Bonchev–Trinajstić information content (AvgIpc) is 3.44. The maximum absolute atomic E-state index is 13.5. The van der Waals surface area contributed by atoms with Crippen LogP contribution in [-0.4, -0.2) is 88.2 Å². The summed E-state index contributed by atoms with van der Waals surface area (Å²) in [6.07, 6.45) is -7.97. The minimum atomic E-state index is -1.25. The SMILES string of the molecule is CC(=O)OC1[C@@H](OC2[C@@H](Sc3ccccc3)OC(COCc3ccccc3)[C@@H](OCc3ccccc3)[C@H]2OCc2ccccc2)OC(COCc2ccccc2)[C@@H](OCc2ccccc2)[C@H]1OCc1ccccc1.[B]. The third kappa shape index (κ3) is 16.5. The van der Waals surface area contributed by atoms with E-state index in [0.717, 1.165) is 38.3 Å². The number of benzene rings is 7. The molecule has 9 rings (SSSR count). The van der Waals surface area contributed by atoms with Crippen LogP contribution in [0, 0.1) is 0 Å². The molecule has 3 radical (unpaired) electrons. The van der Waals surface area contributed by atoms with Crippen molar-refractivity contribution in [2.24, 2.45) is 0 Å². The molecule has 2 aliphatic heterocycles. The number of thioether (sulfide) groups is 1. The summed E-state index contributed by atoms with van der Waals surface area (Å²) in [5, 5.41) is 0. The Morgan fingerprint density at radius 3 is 1.09 bits per heavy atom. The van der Waals surface area contributed by atoms with E-state index in [-0.39, 0.29) is 48.1 Å². The highest BCUT2D eigenvalue weighted by Gasteiger charge is 2.55. The Balaban J connectivity index is 0.00000747. The van der Waals surface area contributed by atoms with Gasteiger partial charge in [-0.2, -0.15) is 0 Å². The van der Waals surface area contributed by atoms with Crippen LogP contribution in [0.2, 0.25) is 0 Å². The van der Waals surface area contributed by atoms with Gasteiger partial charge in [0.25, 0.3) is 0 Å². The molecular formula is C62H64BO11S. The molecule has 7 aromatic carbocycles. The number of hydrogen-bond acceptors (Lipinski definition) is 12. The van der Waals surface area contributed by atoms with E-state index < -0.39 is 66.5 Å². The van der Waals surface area contributed by atoms with Crippen LogP contribution in [0.15, 0.2) is 217 Å². The Kier molecular flexibility index (Phi) is 21.7. The molecule has 13 heteroatoms. The first kappa shape index (κ1) is 55.3. The van der Waals surface area contributed by atoms with Crippen LogP contribution in [0.3, 0.4) is 0 Å². The number of rotatable bonds is 25. The molecule has 2 saturated heterocycles. The molecule has 0 spiro atoms. The highest BCUT2D eigenvalue weighted by Crippen LogP contribution is 2.41. The fraction of sp³-hybridized carbons (Fsp3) is 0.306. The Bertz CT molecular complexity index is 2660. The van der Waals surface area contributed by atoms with E-state index in [1.54, 1.807) is 0 Å². The molecule has 4 unspecified atom stereocenters. The van der Waals surface area contributed by atoms with Gasteiger partial charge >= 0.3 is 5.97 Å². The lowest BCUT2D eigenvalue weighted by atomic mass is 9.96. The minimum absolute atomic E-state index is 0. The van der Waals surface area contributed by atoms with Gasteiger partial charge in [-0.15, -0.1) is 0 Å². The second-order valence-corrected chi connectivity index (χ2v) is 19.4. The van der Waals surface area contributed by atoms with Crippen molar-refractivity contribution in [3.05, 3.63) is 246 Å². The summed E-state index contributed by atoms with van der Waals surface area (Å²) in [4.78, 5) is 14.4. The Morgan fingerprint density at radius 1 is 0.400 bits per heavy atom. The van der Waals surface area contributed by atoms with Gasteiger partial charge < -0.3 is 47.4 Å². The van der Waals surface area contributed by atoms with E-state index in [4.69, 9.17) is 47.4 Å². The lowest BCUT2D eigenvalue weighted by Gasteiger charge is -2.50. The van der Waals surface area contributed by atoms with Crippen molar-refractivity contribution >= 4 is 26.1 Å². The van der Waals surface area contributed by atoms with E-state index in [1.807, 2.05) is 212 Å². The van der Waals surface area contributed by atoms with Gasteiger partial charge in [0.05, 0.1) is 52.9 Å². The van der Waals surface area contributed by atoms with E-state index in [9.17, 15) is 4.79 Å². The topological polar surface area (TPSA) is 109 Å². The van der Waals surface area contributed by atoms with Crippen LogP contribution in [0.4, 0.5) is 0 Å². The summed E-state index contributed by atoms with van der Waals surface area (Å²) < 4.78 is 69.0. The quantitative estimate of drug-likeness (QED) is 0.0402. The summed E-state index contributed by atoms with van der Waals surface area (Å²) in [6.45, 7) is 3.22. The summed E-state index contributed by atoms with van der Waals surface area (Å²) in [5.74, 6) is -0.548. The van der Waals surface area contributed by atoms with Crippen molar-refractivity contribution in [2.45, 2.75) is 112 Å². The number of hydrogen-bond donors (Lipinski definition) is 0. The van der Waals surface area contributed by atoms with Crippen LogP contribution < -0.4 is 0 Å². The summed E-state index contributed by atoms with van der Waals surface area (Å²) in [6, 6.07) is 69.8. The predicted molar refractivity (Wildman–Crippen MR) is 288 cm³/mol. The monoisotopic (exact) mass is 1030 g/mol. The number of esters is 1. The van der Waals surface area contributed by atoms with Gasteiger partial charge in [0.15, 0.2) is 12.4 Å². The molecular weight excluding hydrogens is 964 g/mol. The van der Waals surface area contributed by atoms with Crippen molar-refractivity contribution in [3.8, 4) is 0 Å². The van der Waals surface area contributed by atoms with Gasteiger partial charge in [0, 0.05) is 20.2 Å². The lowest BCUT2D eigenvalue weighted by molar-refractivity contribution is -0.351. The largest absolute Gasteiger partial charge is 0.454 e. The van der Waals surface area contributed by atoms with Gasteiger partial charge in [-0.25, -0.2) is 0 Å². The van der Waals surface area contributed by atoms with Crippen molar-refractivity contribution in [1.29, 1.82) is 0 Å². The molecule has 0 bridgehead atoms. The minimum Gasteiger partial charge on any atom is -0.454 e. The Labute approximate surface area is 447 Å². The fourth-order valence-corrected chi connectivity index (χ4v) is 10.2. The van der Waals surface area contributed by atoms with Crippen LogP contribution in [0.25, 0.3) is 0 Å². The summed E-state index contributed by atoms with van der Waals surface area (Å²) in [5.41, 5.74) is 5.09. The standard InChI is InChI=1S/C62H64O11S.B/c1-45(63)70-59-57(68-41-50-31-17-6-18-32-50)55(66-39-48-27-13-4-14-28-48)53(43-64-37-46-23-9-2-10-24-46)71-61(59)73-60-58(69-42-51-33-19-7-20-34-51)56(67-40-49-29-15-5-16-30-49)54(44-65-38-47-25-11-3-12-26-47)72-62(60)74-52-35-21-8-22-36-52;/h2-36,53-62H,37-44H2,1H3;/t53?,54?,55-,56-,57-,58-,59?,60?,61-,62-;/m1./s1.